The number of aromatic nitrogens is 2. The van der Waals surface area contributed by atoms with Gasteiger partial charge >= 0.3 is 0 Å². The molecule has 1 N–H and O–H groups in total. The molecule has 26 heavy (non-hydrogen) atoms. The summed E-state index contributed by atoms with van der Waals surface area (Å²) < 4.78 is 5.32. The van der Waals surface area contributed by atoms with Crippen molar-refractivity contribution in [1.29, 1.82) is 0 Å². The van der Waals surface area contributed by atoms with E-state index in [0.29, 0.717) is 12.4 Å². The van der Waals surface area contributed by atoms with Crippen LogP contribution in [0.2, 0.25) is 0 Å². The topological polar surface area (TPSA) is 90.2 Å². The first kappa shape index (κ1) is 18.0. The molecule has 0 saturated heterocycles. The minimum atomic E-state index is -0.412. The number of anilines is 1. The summed E-state index contributed by atoms with van der Waals surface area (Å²) in [5, 5.41) is 14.2. The molecule has 2 heterocycles. The Labute approximate surface area is 152 Å². The van der Waals surface area contributed by atoms with Crippen molar-refractivity contribution in [1.82, 2.24) is 9.97 Å². The van der Waals surface area contributed by atoms with Crippen molar-refractivity contribution < 1.29 is 9.66 Å². The Bertz CT molecular complexity index is 803. The molecule has 0 saturated carbocycles. The summed E-state index contributed by atoms with van der Waals surface area (Å²) in [5.74, 6) is 1.35. The molecule has 0 radical (unpaired) electrons. The zero-order chi connectivity index (χ0) is 18.4. The van der Waals surface area contributed by atoms with E-state index in [1.807, 2.05) is 13.0 Å². The predicted octanol–water partition coefficient (Wildman–Crippen LogP) is 3.76. The van der Waals surface area contributed by atoms with Gasteiger partial charge in [-0.3, -0.25) is 10.1 Å². The number of ether oxygens (including phenoxy) is 1. The minimum absolute atomic E-state index is 0.0588. The van der Waals surface area contributed by atoms with Crippen molar-refractivity contribution in [3.63, 3.8) is 0 Å². The summed E-state index contributed by atoms with van der Waals surface area (Å²) in [4.78, 5) is 19.5. The van der Waals surface area contributed by atoms with Crippen molar-refractivity contribution in [2.45, 2.75) is 26.2 Å². The first-order chi connectivity index (χ1) is 12.7. The maximum Gasteiger partial charge on any atom is 0.269 e. The fourth-order valence-corrected chi connectivity index (χ4v) is 2.77. The number of aryl methyl sites for hydroxylation is 1. The van der Waals surface area contributed by atoms with Crippen molar-refractivity contribution in [2.24, 2.45) is 0 Å². The molecule has 1 aromatic carbocycles. The summed E-state index contributed by atoms with van der Waals surface area (Å²) >= 11 is 0. The molecule has 0 unspecified atom stereocenters. The Kier molecular flexibility index (Phi) is 5.91. The van der Waals surface area contributed by atoms with E-state index in [-0.39, 0.29) is 5.69 Å². The number of nitro groups is 1. The largest absolute Gasteiger partial charge is 0.377 e. The van der Waals surface area contributed by atoms with Gasteiger partial charge in [0, 0.05) is 36.0 Å². The standard InChI is InChI=1S/C19H22N4O3/c1-2-16-13-18(20-10-7-14-8-11-26-12-9-14)22-19(21-16)15-3-5-17(6-4-15)23(24)25/h3-6,8,13H,2,7,9-12H2,1H3,(H,20,21,22). The molecular formula is C19H22N4O3. The quantitative estimate of drug-likeness (QED) is 0.462. The van der Waals surface area contributed by atoms with Gasteiger partial charge in [0.2, 0.25) is 0 Å². The summed E-state index contributed by atoms with van der Waals surface area (Å²) in [6.07, 6.45) is 4.88. The lowest BCUT2D eigenvalue weighted by Crippen LogP contribution is -2.10. The van der Waals surface area contributed by atoms with Gasteiger partial charge in [-0.15, -0.1) is 0 Å². The van der Waals surface area contributed by atoms with E-state index in [1.165, 1.54) is 17.7 Å². The number of hydrogen-bond acceptors (Lipinski definition) is 6. The highest BCUT2D eigenvalue weighted by Gasteiger charge is 2.10. The third kappa shape index (κ3) is 4.64. The smallest absolute Gasteiger partial charge is 0.269 e. The molecule has 0 bridgehead atoms. The van der Waals surface area contributed by atoms with Gasteiger partial charge in [-0.05, 0) is 31.4 Å². The van der Waals surface area contributed by atoms with Crippen LogP contribution in [0.25, 0.3) is 11.4 Å². The van der Waals surface area contributed by atoms with Crippen LogP contribution in [0.1, 0.15) is 25.5 Å². The lowest BCUT2D eigenvalue weighted by Gasteiger charge is -2.14. The Morgan fingerprint density at radius 1 is 1.27 bits per heavy atom. The fourth-order valence-electron chi connectivity index (χ4n) is 2.77. The maximum atomic E-state index is 10.8. The van der Waals surface area contributed by atoms with Crippen LogP contribution in [0.3, 0.4) is 0 Å². The van der Waals surface area contributed by atoms with Crippen molar-refractivity contribution in [3.05, 3.63) is 57.8 Å². The molecule has 136 valence electrons. The van der Waals surface area contributed by atoms with Crippen LogP contribution in [-0.4, -0.2) is 34.6 Å². The molecule has 1 aliphatic heterocycles. The summed E-state index contributed by atoms with van der Waals surface area (Å²) in [7, 11) is 0. The average molecular weight is 354 g/mol. The third-order valence-corrected chi connectivity index (χ3v) is 4.29. The van der Waals surface area contributed by atoms with Crippen LogP contribution in [0, 0.1) is 10.1 Å². The molecule has 7 nitrogen and oxygen atoms in total. The summed E-state index contributed by atoms with van der Waals surface area (Å²) in [5.41, 5.74) is 3.16. The van der Waals surface area contributed by atoms with Gasteiger partial charge in [0.05, 0.1) is 18.1 Å². The van der Waals surface area contributed by atoms with Gasteiger partial charge in [0.25, 0.3) is 5.69 Å². The van der Waals surface area contributed by atoms with Crippen LogP contribution in [0.4, 0.5) is 11.5 Å². The Morgan fingerprint density at radius 3 is 2.73 bits per heavy atom. The van der Waals surface area contributed by atoms with E-state index in [1.54, 1.807) is 12.1 Å². The van der Waals surface area contributed by atoms with Gasteiger partial charge in [-0.25, -0.2) is 9.97 Å². The number of non-ortho nitro benzene ring substituents is 1. The van der Waals surface area contributed by atoms with Crippen LogP contribution in [-0.2, 0) is 11.2 Å². The SMILES string of the molecule is CCc1cc(NCCC2=CCOCC2)nc(-c2ccc([N+](=O)[O-])cc2)n1. The molecule has 1 aromatic heterocycles. The molecule has 0 spiro atoms. The molecule has 0 fully saturated rings. The normalized spacial score (nSPS) is 14.0. The van der Waals surface area contributed by atoms with Crippen LogP contribution in [0.5, 0.6) is 0 Å². The van der Waals surface area contributed by atoms with E-state index in [2.05, 4.69) is 21.4 Å². The lowest BCUT2D eigenvalue weighted by atomic mass is 10.1. The highest BCUT2D eigenvalue weighted by molar-refractivity contribution is 5.59. The number of benzene rings is 1. The van der Waals surface area contributed by atoms with E-state index in [9.17, 15) is 10.1 Å². The second-order valence-electron chi connectivity index (χ2n) is 6.09. The molecule has 7 heteroatoms. The highest BCUT2D eigenvalue weighted by atomic mass is 16.6. The summed E-state index contributed by atoms with van der Waals surface area (Å²) in [6, 6.07) is 8.27. The van der Waals surface area contributed by atoms with Gasteiger partial charge in [0.1, 0.15) is 5.82 Å². The average Bonchev–Trinajstić information content (AvgIpc) is 2.68. The second-order valence-corrected chi connectivity index (χ2v) is 6.09. The summed E-state index contributed by atoms with van der Waals surface area (Å²) in [6.45, 7) is 4.33. The second kappa shape index (κ2) is 8.53. The van der Waals surface area contributed by atoms with Gasteiger partial charge in [0.15, 0.2) is 5.82 Å². The van der Waals surface area contributed by atoms with Gasteiger partial charge in [-0.1, -0.05) is 18.6 Å². The number of hydrogen-bond donors (Lipinski definition) is 1. The minimum Gasteiger partial charge on any atom is -0.377 e. The number of rotatable bonds is 7. The van der Waals surface area contributed by atoms with Crippen molar-refractivity contribution in [3.8, 4) is 11.4 Å². The van der Waals surface area contributed by atoms with E-state index in [4.69, 9.17) is 4.74 Å². The van der Waals surface area contributed by atoms with Crippen molar-refractivity contribution >= 4 is 11.5 Å². The lowest BCUT2D eigenvalue weighted by molar-refractivity contribution is -0.384. The fraction of sp³-hybridized carbons (Fsp3) is 0.368. The van der Waals surface area contributed by atoms with Gasteiger partial charge in [-0.2, -0.15) is 0 Å². The zero-order valence-electron chi connectivity index (χ0n) is 14.8. The van der Waals surface area contributed by atoms with E-state index >= 15 is 0 Å². The third-order valence-electron chi connectivity index (χ3n) is 4.29. The number of nitro benzene ring substituents is 1. The van der Waals surface area contributed by atoms with E-state index in [0.717, 1.165) is 49.5 Å². The first-order valence-corrected chi connectivity index (χ1v) is 8.78. The van der Waals surface area contributed by atoms with Crippen LogP contribution >= 0.6 is 0 Å². The van der Waals surface area contributed by atoms with Crippen LogP contribution in [0.15, 0.2) is 42.0 Å². The Morgan fingerprint density at radius 2 is 2.08 bits per heavy atom. The predicted molar refractivity (Wildman–Crippen MR) is 100 cm³/mol. The molecule has 1 aliphatic rings. The Balaban J connectivity index is 1.73. The molecule has 0 aliphatic carbocycles. The molecular weight excluding hydrogens is 332 g/mol. The molecule has 2 aromatic rings. The maximum absolute atomic E-state index is 10.8. The van der Waals surface area contributed by atoms with E-state index < -0.39 is 4.92 Å². The number of nitrogens with one attached hydrogen (secondary N) is 1. The molecule has 0 amide bonds. The van der Waals surface area contributed by atoms with Gasteiger partial charge < -0.3 is 10.1 Å². The molecule has 3 rings (SSSR count). The molecule has 0 atom stereocenters. The zero-order valence-corrected chi connectivity index (χ0v) is 14.8. The number of nitrogens with zero attached hydrogens (tertiary/aromatic N) is 3. The first-order valence-electron chi connectivity index (χ1n) is 8.78. The van der Waals surface area contributed by atoms with Crippen molar-refractivity contribution in [2.75, 3.05) is 25.1 Å². The van der Waals surface area contributed by atoms with Crippen LogP contribution < -0.4 is 5.32 Å². The highest BCUT2D eigenvalue weighted by Crippen LogP contribution is 2.22. The Hall–Kier alpha value is -2.80. The monoisotopic (exact) mass is 354 g/mol.